The molecule has 0 radical (unpaired) electrons. The van der Waals surface area contributed by atoms with Crippen molar-refractivity contribution in [1.29, 1.82) is 0 Å². The Kier molecular flexibility index (Phi) is 7.30. The van der Waals surface area contributed by atoms with Crippen LogP contribution in [0.4, 0.5) is 0 Å². The van der Waals surface area contributed by atoms with Crippen LogP contribution >= 0.6 is 11.8 Å². The van der Waals surface area contributed by atoms with Gasteiger partial charge >= 0.3 is 0 Å². The average molecular weight is 517 g/mol. The number of hydrogen-bond donors (Lipinski definition) is 2. The highest BCUT2D eigenvalue weighted by molar-refractivity contribution is 8.03. The topological polar surface area (TPSA) is 99.5 Å². The number of aromatic amines is 1. The van der Waals surface area contributed by atoms with Crippen molar-refractivity contribution in [2.75, 3.05) is 38.5 Å². The Morgan fingerprint density at radius 3 is 2.57 bits per heavy atom. The van der Waals surface area contributed by atoms with E-state index in [4.69, 9.17) is 5.73 Å². The van der Waals surface area contributed by atoms with E-state index >= 15 is 0 Å². The molecule has 1 aromatic heterocycles. The first kappa shape index (κ1) is 24.9. The number of amides is 1. The van der Waals surface area contributed by atoms with Gasteiger partial charge < -0.3 is 15.6 Å². The largest absolute Gasteiger partial charge is 0.366 e. The molecule has 190 valence electrons. The summed E-state index contributed by atoms with van der Waals surface area (Å²) in [6.45, 7) is 6.29. The fourth-order valence-corrected chi connectivity index (χ4v) is 8.14. The monoisotopic (exact) mass is 516 g/mol. The summed E-state index contributed by atoms with van der Waals surface area (Å²) in [4.78, 5) is 18.3. The Bertz CT molecular complexity index is 1220. The number of aromatic nitrogens is 1. The van der Waals surface area contributed by atoms with E-state index in [9.17, 15) is 13.2 Å². The molecule has 7 nitrogen and oxygen atoms in total. The van der Waals surface area contributed by atoms with Crippen molar-refractivity contribution >= 4 is 44.2 Å². The lowest BCUT2D eigenvalue weighted by atomic mass is 9.88. The summed E-state index contributed by atoms with van der Waals surface area (Å²) in [5.74, 6) is -0.0332. The predicted octanol–water partition coefficient (Wildman–Crippen LogP) is 4.13. The standard InChI is InChI=1S/C26H36N4O3S2/c1-2-35(32,33)30-10-6-18(7-11-30)24-15-28-25-22(24)13-19(14-23(25)26(27)31)20-12-21(34-17-20)16-29-8-4-3-5-9-29/h13-15,17-18,21,28H,2-12,16H2,1H3,(H2,27,31). The van der Waals surface area contributed by atoms with Crippen LogP contribution in [-0.2, 0) is 10.0 Å². The van der Waals surface area contributed by atoms with Crippen LogP contribution in [0.15, 0.2) is 23.7 Å². The number of piperidine rings is 2. The molecule has 1 amide bonds. The van der Waals surface area contributed by atoms with Gasteiger partial charge in [0.25, 0.3) is 5.91 Å². The number of carbonyl (C=O) groups is 1. The van der Waals surface area contributed by atoms with Crippen molar-refractivity contribution in [2.24, 2.45) is 5.73 Å². The minimum atomic E-state index is -3.16. The molecule has 2 saturated heterocycles. The molecule has 1 aromatic carbocycles. The quantitative estimate of drug-likeness (QED) is 0.577. The van der Waals surface area contributed by atoms with Gasteiger partial charge in [-0.2, -0.15) is 0 Å². The summed E-state index contributed by atoms with van der Waals surface area (Å²) in [6, 6.07) is 4.15. The Morgan fingerprint density at radius 2 is 1.89 bits per heavy atom. The number of thioether (sulfide) groups is 1. The number of carbonyl (C=O) groups excluding carboxylic acids is 1. The second-order valence-electron chi connectivity index (χ2n) is 10.1. The smallest absolute Gasteiger partial charge is 0.250 e. The predicted molar refractivity (Wildman–Crippen MR) is 144 cm³/mol. The van der Waals surface area contributed by atoms with E-state index < -0.39 is 15.9 Å². The Morgan fingerprint density at radius 1 is 1.14 bits per heavy atom. The molecule has 9 heteroatoms. The number of fused-ring (bicyclic) bond motifs is 1. The van der Waals surface area contributed by atoms with Gasteiger partial charge in [0.1, 0.15) is 0 Å². The lowest BCUT2D eigenvalue weighted by Crippen LogP contribution is -2.38. The Hall–Kier alpha value is -1.81. The molecule has 0 bridgehead atoms. The molecule has 35 heavy (non-hydrogen) atoms. The van der Waals surface area contributed by atoms with Gasteiger partial charge in [0, 0.05) is 36.5 Å². The molecule has 0 saturated carbocycles. The van der Waals surface area contributed by atoms with Gasteiger partial charge in [-0.25, -0.2) is 12.7 Å². The number of nitrogens with two attached hydrogens (primary N) is 1. The van der Waals surface area contributed by atoms with Crippen molar-refractivity contribution in [3.05, 3.63) is 40.4 Å². The number of likely N-dealkylation sites (tertiary alicyclic amines) is 1. The van der Waals surface area contributed by atoms with E-state index in [2.05, 4.69) is 21.4 Å². The molecule has 3 N–H and O–H groups in total. The third-order valence-corrected chi connectivity index (χ3v) is 10.9. The van der Waals surface area contributed by atoms with E-state index in [0.717, 1.165) is 47.8 Å². The average Bonchev–Trinajstić information content (AvgIpc) is 3.51. The zero-order valence-corrected chi connectivity index (χ0v) is 22.1. The van der Waals surface area contributed by atoms with E-state index in [1.807, 2.05) is 24.0 Å². The van der Waals surface area contributed by atoms with Crippen LogP contribution in [0.3, 0.4) is 0 Å². The minimum Gasteiger partial charge on any atom is -0.366 e. The highest BCUT2D eigenvalue weighted by atomic mass is 32.2. The third kappa shape index (κ3) is 5.19. The maximum atomic E-state index is 12.4. The molecule has 2 aromatic rings. The molecule has 5 rings (SSSR count). The summed E-state index contributed by atoms with van der Waals surface area (Å²) in [5.41, 5.74) is 10.6. The van der Waals surface area contributed by atoms with Crippen molar-refractivity contribution in [1.82, 2.24) is 14.2 Å². The summed E-state index contributed by atoms with van der Waals surface area (Å²) >= 11 is 1.91. The molecular weight excluding hydrogens is 480 g/mol. The van der Waals surface area contributed by atoms with Crippen molar-refractivity contribution in [3.63, 3.8) is 0 Å². The van der Waals surface area contributed by atoms with Gasteiger partial charge in [-0.15, -0.1) is 11.8 Å². The van der Waals surface area contributed by atoms with Crippen molar-refractivity contribution < 1.29 is 13.2 Å². The van der Waals surface area contributed by atoms with Gasteiger partial charge in [0.05, 0.1) is 16.8 Å². The van der Waals surface area contributed by atoms with Gasteiger partial charge in [-0.05, 0) is 92.3 Å². The van der Waals surface area contributed by atoms with E-state index in [1.54, 1.807) is 11.2 Å². The number of primary amides is 1. The Balaban J connectivity index is 1.38. The maximum absolute atomic E-state index is 12.4. The molecule has 3 aliphatic heterocycles. The minimum absolute atomic E-state index is 0.141. The summed E-state index contributed by atoms with van der Waals surface area (Å²) in [7, 11) is -3.16. The van der Waals surface area contributed by atoms with Crippen LogP contribution in [0, 0.1) is 0 Å². The van der Waals surface area contributed by atoms with E-state index in [0.29, 0.717) is 23.9 Å². The van der Waals surface area contributed by atoms with Gasteiger partial charge in [-0.1, -0.05) is 6.42 Å². The van der Waals surface area contributed by atoms with E-state index in [-0.39, 0.29) is 11.7 Å². The molecule has 1 unspecified atom stereocenters. The molecule has 2 fully saturated rings. The number of H-pyrrole nitrogens is 1. The first-order chi connectivity index (χ1) is 16.9. The van der Waals surface area contributed by atoms with Gasteiger partial charge in [0.2, 0.25) is 10.0 Å². The number of sulfonamides is 1. The highest BCUT2D eigenvalue weighted by Crippen LogP contribution is 2.41. The molecule has 4 heterocycles. The fraction of sp³-hybridized carbons (Fsp3) is 0.577. The zero-order valence-electron chi connectivity index (χ0n) is 20.5. The summed E-state index contributed by atoms with van der Waals surface area (Å²) in [6.07, 6.45) is 8.49. The number of hydrogen-bond acceptors (Lipinski definition) is 5. The number of nitrogens with zero attached hydrogens (tertiary/aromatic N) is 2. The fourth-order valence-electron chi connectivity index (χ4n) is 5.84. The molecule has 0 aliphatic carbocycles. The van der Waals surface area contributed by atoms with E-state index in [1.165, 1.54) is 37.9 Å². The second kappa shape index (κ2) is 10.3. The normalized spacial score (nSPS) is 23.1. The molecule has 3 aliphatic rings. The van der Waals surface area contributed by atoms with Crippen LogP contribution in [0.2, 0.25) is 0 Å². The summed E-state index contributed by atoms with van der Waals surface area (Å²) in [5, 5.41) is 3.85. The zero-order chi connectivity index (χ0) is 24.6. The number of benzene rings is 1. The lowest BCUT2D eigenvalue weighted by molar-refractivity contribution is 0.100. The molecular formula is C26H36N4O3S2. The van der Waals surface area contributed by atoms with Crippen LogP contribution in [0.5, 0.6) is 0 Å². The summed E-state index contributed by atoms with van der Waals surface area (Å²) < 4.78 is 26.2. The van der Waals surface area contributed by atoms with Gasteiger partial charge in [-0.3, -0.25) is 4.79 Å². The van der Waals surface area contributed by atoms with Crippen molar-refractivity contribution in [2.45, 2.75) is 56.6 Å². The van der Waals surface area contributed by atoms with Crippen LogP contribution in [-0.4, -0.2) is 72.2 Å². The van der Waals surface area contributed by atoms with Crippen LogP contribution in [0.25, 0.3) is 16.5 Å². The number of nitrogens with one attached hydrogen (secondary N) is 1. The maximum Gasteiger partial charge on any atom is 0.250 e. The molecule has 0 spiro atoms. The SMILES string of the molecule is CCS(=O)(=O)N1CCC(c2c[nH]c3c(C(N)=O)cc(C4=CSC(CN5CCCCC5)C4)cc23)CC1. The first-order valence-electron chi connectivity index (χ1n) is 12.9. The highest BCUT2D eigenvalue weighted by Gasteiger charge is 2.30. The van der Waals surface area contributed by atoms with Crippen molar-refractivity contribution in [3.8, 4) is 0 Å². The number of allylic oxidation sites excluding steroid dienone is 1. The molecule has 1 atom stereocenters. The number of rotatable bonds is 7. The third-order valence-electron chi connectivity index (χ3n) is 7.87. The first-order valence-corrected chi connectivity index (χ1v) is 15.4. The van der Waals surface area contributed by atoms with Crippen LogP contribution in [0.1, 0.15) is 72.9 Å². The Labute approximate surface area is 212 Å². The van der Waals surface area contributed by atoms with Gasteiger partial charge in [0.15, 0.2) is 0 Å². The lowest BCUT2D eigenvalue weighted by Gasteiger charge is -2.31. The van der Waals surface area contributed by atoms with Crippen LogP contribution < -0.4 is 5.73 Å². The second-order valence-corrected chi connectivity index (χ2v) is 13.5.